The third kappa shape index (κ3) is 3.43. The van der Waals surface area contributed by atoms with Gasteiger partial charge in [-0.25, -0.2) is 12.8 Å². The van der Waals surface area contributed by atoms with Gasteiger partial charge in [-0.15, -0.1) is 0 Å². The van der Waals surface area contributed by atoms with E-state index >= 15 is 0 Å². The maximum absolute atomic E-state index is 13.0. The molecule has 0 spiro atoms. The van der Waals surface area contributed by atoms with Crippen molar-refractivity contribution in [1.82, 2.24) is 10.6 Å². The van der Waals surface area contributed by atoms with Gasteiger partial charge in [-0.3, -0.25) is 14.8 Å². The lowest BCUT2D eigenvalue weighted by Gasteiger charge is -2.32. The first-order valence-electron chi connectivity index (χ1n) is 5.92. The van der Waals surface area contributed by atoms with Gasteiger partial charge in [0, 0.05) is 6.04 Å². The molecule has 0 aliphatic carbocycles. The highest BCUT2D eigenvalue weighted by atomic mass is 35.5. The van der Waals surface area contributed by atoms with Gasteiger partial charge in [-0.2, -0.15) is 0 Å². The Bertz CT molecular complexity index is 669. The van der Waals surface area contributed by atoms with Crippen molar-refractivity contribution in [2.24, 2.45) is 0 Å². The highest BCUT2D eigenvalue weighted by Gasteiger charge is 2.42. The summed E-state index contributed by atoms with van der Waals surface area (Å²) in [6.45, 7) is 1.45. The first kappa shape index (κ1) is 16.0. The Kier molecular flexibility index (Phi) is 4.38. The Morgan fingerprint density at radius 1 is 1.43 bits per heavy atom. The van der Waals surface area contributed by atoms with Gasteiger partial charge in [-0.1, -0.05) is 11.6 Å². The fourth-order valence-corrected chi connectivity index (χ4v) is 3.75. The molecule has 0 saturated carbocycles. The Hall–Kier alpha value is -1.42. The summed E-state index contributed by atoms with van der Waals surface area (Å²) in [6.07, 6.45) is -1.31. The van der Waals surface area contributed by atoms with E-state index in [9.17, 15) is 22.7 Å². The predicted octanol–water partition coefficient (Wildman–Crippen LogP) is -0.0268. The zero-order valence-electron chi connectivity index (χ0n) is 10.8. The summed E-state index contributed by atoms with van der Waals surface area (Å²) in [5, 5.41) is 12.1. The van der Waals surface area contributed by atoms with E-state index in [0.717, 1.165) is 12.1 Å². The topological polar surface area (TPSA) is 108 Å². The number of anilines is 1. The van der Waals surface area contributed by atoms with E-state index in [2.05, 4.69) is 15.4 Å². The molecule has 21 heavy (non-hydrogen) atoms. The van der Waals surface area contributed by atoms with Gasteiger partial charge >= 0.3 is 0 Å². The first-order chi connectivity index (χ1) is 9.70. The van der Waals surface area contributed by atoms with E-state index in [-0.39, 0.29) is 10.7 Å². The van der Waals surface area contributed by atoms with Crippen molar-refractivity contribution in [1.29, 1.82) is 0 Å². The molecule has 0 radical (unpaired) electrons. The average molecular weight is 338 g/mol. The van der Waals surface area contributed by atoms with Crippen LogP contribution >= 0.6 is 11.6 Å². The maximum atomic E-state index is 13.0. The summed E-state index contributed by atoms with van der Waals surface area (Å²) in [5.41, 5.74) is 0.0347. The number of benzene rings is 1. The Labute approximate surface area is 125 Å². The normalized spacial score (nSPS) is 26.3. The minimum absolute atomic E-state index is 0.0347. The van der Waals surface area contributed by atoms with Gasteiger partial charge in [-0.05, 0) is 25.1 Å². The number of amides is 1. The number of aliphatic hydroxyl groups excluding tert-OH is 1. The van der Waals surface area contributed by atoms with Crippen molar-refractivity contribution in [3.63, 3.8) is 0 Å². The molecule has 4 N–H and O–H groups in total. The van der Waals surface area contributed by atoms with Crippen LogP contribution in [-0.4, -0.2) is 37.1 Å². The number of aliphatic hydroxyl groups is 1. The van der Waals surface area contributed by atoms with Gasteiger partial charge in [0.05, 0.1) is 10.7 Å². The Morgan fingerprint density at radius 3 is 2.67 bits per heavy atom. The number of rotatable bonds is 3. The van der Waals surface area contributed by atoms with Gasteiger partial charge in [0.25, 0.3) is 0 Å². The molecule has 1 saturated heterocycles. The predicted molar refractivity (Wildman–Crippen MR) is 74.5 cm³/mol. The van der Waals surface area contributed by atoms with Crippen molar-refractivity contribution >= 4 is 33.2 Å². The molecular formula is C11H13ClFN3O4S. The summed E-state index contributed by atoms with van der Waals surface area (Å²) in [6, 6.07) is 2.48. The van der Waals surface area contributed by atoms with Crippen molar-refractivity contribution in [2.45, 2.75) is 24.6 Å². The number of hydrogen-bond acceptors (Lipinski definition) is 5. The van der Waals surface area contributed by atoms with Crippen LogP contribution in [0.3, 0.4) is 0 Å². The van der Waals surface area contributed by atoms with Crippen LogP contribution in [0.15, 0.2) is 18.2 Å². The highest BCUT2D eigenvalue weighted by molar-refractivity contribution is 7.94. The zero-order chi connectivity index (χ0) is 15.8. The molecule has 1 aromatic carbocycles. The molecule has 1 fully saturated rings. The number of halogens is 2. The number of carbonyl (C=O) groups excluding carboxylic acids is 1. The summed E-state index contributed by atoms with van der Waals surface area (Å²) in [7, 11) is -4.10. The average Bonchev–Trinajstić information content (AvgIpc) is 2.31. The van der Waals surface area contributed by atoms with Crippen LogP contribution in [0.5, 0.6) is 0 Å². The molecule has 2 rings (SSSR count). The van der Waals surface area contributed by atoms with E-state index in [0.29, 0.717) is 0 Å². The minimum Gasteiger partial charge on any atom is -0.361 e. The van der Waals surface area contributed by atoms with Crippen molar-refractivity contribution in [3.8, 4) is 0 Å². The second kappa shape index (κ2) is 5.76. The third-order valence-electron chi connectivity index (χ3n) is 2.93. The largest absolute Gasteiger partial charge is 0.361 e. The molecule has 1 heterocycles. The zero-order valence-corrected chi connectivity index (χ0v) is 12.4. The second-order valence-corrected chi connectivity index (χ2v) is 6.77. The summed E-state index contributed by atoms with van der Waals surface area (Å²) in [5.74, 6) is -1.53. The number of carbonyl (C=O) groups is 1. The number of hydrogen-bond donors (Lipinski definition) is 4. The van der Waals surface area contributed by atoms with Crippen molar-refractivity contribution in [3.05, 3.63) is 29.0 Å². The molecule has 116 valence electrons. The minimum atomic E-state index is -4.10. The van der Waals surface area contributed by atoms with Crippen LogP contribution in [0.1, 0.15) is 6.92 Å². The van der Waals surface area contributed by atoms with Crippen LogP contribution in [0.25, 0.3) is 0 Å². The van der Waals surface area contributed by atoms with Gasteiger partial charge in [0.2, 0.25) is 15.9 Å². The lowest BCUT2D eigenvalue weighted by Crippen LogP contribution is -2.65. The number of nitrogens with one attached hydrogen (secondary N) is 3. The standard InChI is InChI=1S/C11H13ClFN3O4S/c1-5-9(10(17)15-11(18)14-5)21(19,20)16-6-2-3-8(13)7(12)4-6/h2-5,9,11,14,16,18H,1H3,(H,15,17). The molecular weight excluding hydrogens is 325 g/mol. The SMILES string of the molecule is CC1NC(O)NC(=O)C1S(=O)(=O)Nc1ccc(F)c(Cl)c1. The Morgan fingerprint density at radius 2 is 2.10 bits per heavy atom. The Balaban J connectivity index is 2.25. The molecule has 3 atom stereocenters. The van der Waals surface area contributed by atoms with Crippen LogP contribution < -0.4 is 15.4 Å². The molecule has 1 amide bonds. The molecule has 0 bridgehead atoms. The van der Waals surface area contributed by atoms with E-state index < -0.39 is 39.4 Å². The third-order valence-corrected chi connectivity index (χ3v) is 5.03. The second-order valence-electron chi connectivity index (χ2n) is 4.56. The lowest BCUT2D eigenvalue weighted by atomic mass is 10.2. The van der Waals surface area contributed by atoms with Crippen LogP contribution in [0.2, 0.25) is 5.02 Å². The maximum Gasteiger partial charge on any atom is 0.246 e. The van der Waals surface area contributed by atoms with Crippen LogP contribution in [-0.2, 0) is 14.8 Å². The molecule has 7 nitrogen and oxygen atoms in total. The fraction of sp³-hybridized carbons (Fsp3) is 0.364. The van der Waals surface area contributed by atoms with E-state index in [1.165, 1.54) is 13.0 Å². The number of sulfonamides is 1. The van der Waals surface area contributed by atoms with E-state index in [1.54, 1.807) is 0 Å². The molecule has 0 aromatic heterocycles. The summed E-state index contributed by atoms with van der Waals surface area (Å²) < 4.78 is 39.7. The fourth-order valence-electron chi connectivity index (χ4n) is 2.02. The van der Waals surface area contributed by atoms with Crippen LogP contribution in [0.4, 0.5) is 10.1 Å². The smallest absolute Gasteiger partial charge is 0.246 e. The highest BCUT2D eigenvalue weighted by Crippen LogP contribution is 2.22. The molecule has 1 aromatic rings. The van der Waals surface area contributed by atoms with E-state index in [1.807, 2.05) is 0 Å². The van der Waals surface area contributed by atoms with Gasteiger partial charge in [0.15, 0.2) is 11.6 Å². The summed E-state index contributed by atoms with van der Waals surface area (Å²) >= 11 is 5.57. The van der Waals surface area contributed by atoms with E-state index in [4.69, 9.17) is 11.6 Å². The van der Waals surface area contributed by atoms with Gasteiger partial charge in [0.1, 0.15) is 5.82 Å². The monoisotopic (exact) mass is 337 g/mol. The molecule has 1 aliphatic rings. The van der Waals surface area contributed by atoms with Crippen molar-refractivity contribution in [2.75, 3.05) is 4.72 Å². The first-order valence-corrected chi connectivity index (χ1v) is 7.84. The van der Waals surface area contributed by atoms with Crippen molar-refractivity contribution < 1.29 is 22.7 Å². The molecule has 3 unspecified atom stereocenters. The van der Waals surface area contributed by atoms with Gasteiger partial charge < -0.3 is 10.4 Å². The summed E-state index contributed by atoms with van der Waals surface area (Å²) in [4.78, 5) is 11.8. The van der Waals surface area contributed by atoms with Crippen LogP contribution in [0, 0.1) is 5.82 Å². The quantitative estimate of drug-likeness (QED) is 0.620. The molecule has 10 heteroatoms. The lowest BCUT2D eigenvalue weighted by molar-refractivity contribution is -0.127. The molecule has 1 aliphatic heterocycles.